The second kappa shape index (κ2) is 8.62. The Morgan fingerprint density at radius 2 is 1.74 bits per heavy atom. The van der Waals surface area contributed by atoms with Crippen LogP contribution in [0.1, 0.15) is 31.8 Å². The van der Waals surface area contributed by atoms with Gasteiger partial charge in [-0.3, -0.25) is 4.79 Å². The Bertz CT molecular complexity index is 1180. The van der Waals surface area contributed by atoms with Crippen LogP contribution in [-0.2, 0) is 0 Å². The zero-order chi connectivity index (χ0) is 21.8. The molecule has 1 aliphatic rings. The summed E-state index contributed by atoms with van der Waals surface area (Å²) in [6.45, 7) is 0.102. The van der Waals surface area contributed by atoms with Crippen LogP contribution in [0.4, 0.5) is 5.69 Å². The Hall–Kier alpha value is -4.26. The summed E-state index contributed by atoms with van der Waals surface area (Å²) in [6.07, 6.45) is 3.71. The monoisotopic (exact) mass is 417 g/mol. The summed E-state index contributed by atoms with van der Waals surface area (Å²) in [7, 11) is 1.60. The molecule has 7 heteroatoms. The Balaban J connectivity index is 1.59. The molecule has 1 aliphatic heterocycles. The van der Waals surface area contributed by atoms with Gasteiger partial charge in [-0.1, -0.05) is 30.4 Å². The van der Waals surface area contributed by atoms with Crippen molar-refractivity contribution < 1.29 is 28.9 Å². The van der Waals surface area contributed by atoms with Crippen molar-refractivity contribution in [3.8, 4) is 17.2 Å². The first-order valence-electron chi connectivity index (χ1n) is 9.44. The fourth-order valence-electron chi connectivity index (χ4n) is 3.13. The molecule has 0 aromatic heterocycles. The number of carbonyl (C=O) groups excluding carboxylic acids is 1. The van der Waals surface area contributed by atoms with Gasteiger partial charge < -0.3 is 24.6 Å². The second-order valence-electron chi connectivity index (χ2n) is 6.74. The lowest BCUT2D eigenvalue weighted by molar-refractivity contribution is 0.0698. The van der Waals surface area contributed by atoms with Gasteiger partial charge in [-0.2, -0.15) is 0 Å². The molecule has 0 aliphatic carbocycles. The number of ether oxygens (including phenoxy) is 3. The number of aromatic carboxylic acids is 1. The van der Waals surface area contributed by atoms with Crippen LogP contribution in [0.15, 0.2) is 60.7 Å². The van der Waals surface area contributed by atoms with Crippen LogP contribution >= 0.6 is 0 Å². The van der Waals surface area contributed by atoms with Crippen molar-refractivity contribution in [2.45, 2.75) is 0 Å². The van der Waals surface area contributed by atoms with Gasteiger partial charge in [-0.15, -0.1) is 0 Å². The molecule has 0 saturated carbocycles. The molecular formula is C24H19NO6. The van der Waals surface area contributed by atoms with Crippen LogP contribution in [0.5, 0.6) is 17.2 Å². The van der Waals surface area contributed by atoms with E-state index in [0.717, 1.165) is 16.9 Å². The number of amides is 1. The zero-order valence-electron chi connectivity index (χ0n) is 16.6. The average Bonchev–Trinajstić information content (AvgIpc) is 3.25. The van der Waals surface area contributed by atoms with Crippen molar-refractivity contribution in [3.05, 3.63) is 82.9 Å². The van der Waals surface area contributed by atoms with Crippen LogP contribution < -0.4 is 19.5 Å². The van der Waals surface area contributed by atoms with Crippen molar-refractivity contribution in [3.63, 3.8) is 0 Å². The summed E-state index contributed by atoms with van der Waals surface area (Å²) in [5.41, 5.74) is 2.18. The van der Waals surface area contributed by atoms with Crippen LogP contribution in [0.3, 0.4) is 0 Å². The Kier molecular flexibility index (Phi) is 5.57. The van der Waals surface area contributed by atoms with Crippen LogP contribution in [0.2, 0.25) is 0 Å². The smallest absolute Gasteiger partial charge is 0.337 e. The van der Waals surface area contributed by atoms with Crippen molar-refractivity contribution in [2.24, 2.45) is 0 Å². The fraction of sp³-hybridized carbons (Fsp3) is 0.0833. The van der Waals surface area contributed by atoms with Gasteiger partial charge in [0.2, 0.25) is 6.79 Å². The largest absolute Gasteiger partial charge is 0.497 e. The normalized spacial score (nSPS) is 12.0. The van der Waals surface area contributed by atoms with E-state index in [0.29, 0.717) is 17.1 Å². The molecule has 0 unspecified atom stereocenters. The van der Waals surface area contributed by atoms with E-state index in [9.17, 15) is 14.7 Å². The van der Waals surface area contributed by atoms with Gasteiger partial charge in [0.15, 0.2) is 11.5 Å². The molecule has 4 rings (SSSR count). The highest BCUT2D eigenvalue weighted by Gasteiger charge is 2.18. The predicted molar refractivity (Wildman–Crippen MR) is 116 cm³/mol. The number of methoxy groups -OCH3 is 1. The van der Waals surface area contributed by atoms with E-state index in [2.05, 4.69) is 5.32 Å². The maximum atomic E-state index is 12.7. The van der Waals surface area contributed by atoms with E-state index in [1.807, 2.05) is 36.4 Å². The van der Waals surface area contributed by atoms with Crippen LogP contribution in [0, 0.1) is 0 Å². The Morgan fingerprint density at radius 1 is 0.968 bits per heavy atom. The average molecular weight is 417 g/mol. The number of fused-ring (bicyclic) bond motifs is 1. The highest BCUT2D eigenvalue weighted by molar-refractivity contribution is 6.08. The number of benzene rings is 3. The maximum absolute atomic E-state index is 12.7. The highest BCUT2D eigenvalue weighted by Crippen LogP contribution is 2.33. The molecule has 2 N–H and O–H groups in total. The first-order valence-corrected chi connectivity index (χ1v) is 9.44. The number of rotatable bonds is 6. The SMILES string of the molecule is COc1cccc(C=Cc2ccc(C(=O)O)c(NC(=O)c3ccc4c(c3)OCO4)c2)c1. The van der Waals surface area contributed by atoms with Crippen molar-refractivity contribution in [2.75, 3.05) is 19.2 Å². The van der Waals surface area contributed by atoms with Crippen LogP contribution in [-0.4, -0.2) is 30.9 Å². The van der Waals surface area contributed by atoms with E-state index in [1.165, 1.54) is 6.07 Å². The molecule has 3 aromatic rings. The van der Waals surface area contributed by atoms with E-state index in [4.69, 9.17) is 14.2 Å². The lowest BCUT2D eigenvalue weighted by Crippen LogP contribution is -2.15. The Labute approximate surface area is 178 Å². The number of carboxylic acids is 1. The van der Waals surface area contributed by atoms with Gasteiger partial charge >= 0.3 is 5.97 Å². The van der Waals surface area contributed by atoms with Crippen molar-refractivity contribution in [1.29, 1.82) is 0 Å². The topological polar surface area (TPSA) is 94.1 Å². The van der Waals surface area contributed by atoms with Gasteiger partial charge in [0.05, 0.1) is 18.4 Å². The number of anilines is 1. The molecule has 0 fully saturated rings. The minimum atomic E-state index is -1.13. The van der Waals surface area contributed by atoms with Crippen molar-refractivity contribution in [1.82, 2.24) is 0 Å². The quantitative estimate of drug-likeness (QED) is 0.572. The second-order valence-corrected chi connectivity index (χ2v) is 6.74. The summed E-state index contributed by atoms with van der Waals surface area (Å²) in [5.74, 6) is 0.188. The van der Waals surface area contributed by atoms with E-state index < -0.39 is 11.9 Å². The zero-order valence-corrected chi connectivity index (χ0v) is 16.6. The van der Waals surface area contributed by atoms with Crippen LogP contribution in [0.25, 0.3) is 12.2 Å². The molecule has 3 aromatic carbocycles. The molecule has 1 amide bonds. The third kappa shape index (κ3) is 4.51. The fourth-order valence-corrected chi connectivity index (χ4v) is 3.13. The first kappa shape index (κ1) is 20.0. The lowest BCUT2D eigenvalue weighted by Gasteiger charge is -2.10. The standard InChI is InChI=1S/C24H19NO6/c1-29-18-4-2-3-15(11-18)5-6-16-7-9-19(24(27)28)20(12-16)25-23(26)17-8-10-21-22(13-17)31-14-30-21/h2-13H,14H2,1H3,(H,25,26)(H,27,28). The summed E-state index contributed by atoms with van der Waals surface area (Å²) in [6, 6.07) is 17.1. The van der Waals surface area contributed by atoms with Gasteiger partial charge in [-0.05, 0) is 53.6 Å². The molecule has 0 bridgehead atoms. The predicted octanol–water partition coefficient (Wildman–Crippen LogP) is 4.54. The van der Waals surface area contributed by atoms with E-state index >= 15 is 0 Å². The molecule has 1 heterocycles. The molecule has 156 valence electrons. The molecule has 0 radical (unpaired) electrons. The van der Waals surface area contributed by atoms with Gasteiger partial charge in [0.1, 0.15) is 5.75 Å². The Morgan fingerprint density at radius 3 is 2.52 bits per heavy atom. The number of carbonyl (C=O) groups is 2. The molecule has 7 nitrogen and oxygen atoms in total. The summed E-state index contributed by atoms with van der Waals surface area (Å²) < 4.78 is 15.8. The molecule has 0 saturated heterocycles. The number of nitrogens with one attached hydrogen (secondary N) is 1. The summed E-state index contributed by atoms with van der Waals surface area (Å²) in [5, 5.41) is 12.2. The van der Waals surface area contributed by atoms with E-state index in [1.54, 1.807) is 37.4 Å². The first-order chi connectivity index (χ1) is 15.0. The maximum Gasteiger partial charge on any atom is 0.337 e. The molecule has 0 atom stereocenters. The van der Waals surface area contributed by atoms with Gasteiger partial charge in [0.25, 0.3) is 5.91 Å². The summed E-state index contributed by atoms with van der Waals surface area (Å²) >= 11 is 0. The third-order valence-corrected chi connectivity index (χ3v) is 4.72. The molecule has 0 spiro atoms. The minimum absolute atomic E-state index is 0.00683. The third-order valence-electron chi connectivity index (χ3n) is 4.72. The van der Waals surface area contributed by atoms with Gasteiger partial charge in [0, 0.05) is 5.56 Å². The lowest BCUT2D eigenvalue weighted by atomic mass is 10.1. The number of hydrogen-bond donors (Lipinski definition) is 2. The minimum Gasteiger partial charge on any atom is -0.497 e. The van der Waals surface area contributed by atoms with E-state index in [-0.39, 0.29) is 18.0 Å². The van der Waals surface area contributed by atoms with Gasteiger partial charge in [-0.25, -0.2) is 4.79 Å². The number of carboxylic acid groups (broad SMARTS) is 1. The number of hydrogen-bond acceptors (Lipinski definition) is 5. The molecule has 31 heavy (non-hydrogen) atoms. The molecular weight excluding hydrogens is 398 g/mol. The summed E-state index contributed by atoms with van der Waals surface area (Å²) in [4.78, 5) is 24.4. The highest BCUT2D eigenvalue weighted by atomic mass is 16.7. The van der Waals surface area contributed by atoms with Crippen molar-refractivity contribution >= 4 is 29.7 Å².